The van der Waals surface area contributed by atoms with E-state index in [2.05, 4.69) is 54.3 Å². The predicted octanol–water partition coefficient (Wildman–Crippen LogP) is 3.99. The van der Waals surface area contributed by atoms with Crippen LogP contribution in [0.3, 0.4) is 0 Å². The maximum atomic E-state index is 13.8. The lowest BCUT2D eigenvalue weighted by atomic mass is 9.79. The summed E-state index contributed by atoms with van der Waals surface area (Å²) in [7, 11) is 0. The Bertz CT molecular complexity index is 469. The second kappa shape index (κ2) is 5.74. The Balaban J connectivity index is 2.00. The van der Waals surface area contributed by atoms with Crippen molar-refractivity contribution >= 4 is 15.9 Å². The minimum Gasteiger partial charge on any atom is -0.310 e. The molecule has 0 bridgehead atoms. The summed E-state index contributed by atoms with van der Waals surface area (Å²) in [5, 5.41) is 7.17. The van der Waals surface area contributed by atoms with Gasteiger partial charge in [-0.2, -0.15) is 0 Å². The molecule has 2 nitrogen and oxygen atoms in total. The van der Waals surface area contributed by atoms with Gasteiger partial charge in [-0.05, 0) is 52.7 Å². The molecule has 1 heterocycles. The molecule has 1 saturated heterocycles. The van der Waals surface area contributed by atoms with Gasteiger partial charge >= 0.3 is 0 Å². The van der Waals surface area contributed by atoms with Gasteiger partial charge in [0, 0.05) is 33.7 Å². The zero-order chi connectivity index (χ0) is 15.0. The lowest BCUT2D eigenvalue weighted by Crippen LogP contribution is -2.61. The average molecular weight is 343 g/mol. The van der Waals surface area contributed by atoms with E-state index >= 15 is 0 Å². The van der Waals surface area contributed by atoms with Crippen LogP contribution in [0.5, 0.6) is 0 Å². The van der Waals surface area contributed by atoms with Crippen molar-refractivity contribution in [3.8, 4) is 0 Å². The third-order valence-corrected chi connectivity index (χ3v) is 4.28. The topological polar surface area (TPSA) is 24.1 Å². The molecule has 0 spiro atoms. The van der Waals surface area contributed by atoms with Crippen LogP contribution in [0.15, 0.2) is 22.7 Å². The van der Waals surface area contributed by atoms with Crippen LogP contribution in [0.2, 0.25) is 0 Å². The van der Waals surface area contributed by atoms with E-state index in [1.165, 1.54) is 6.07 Å². The molecular weight excluding hydrogens is 319 g/mol. The summed E-state index contributed by atoms with van der Waals surface area (Å²) in [6.45, 7) is 9.48. The molecule has 0 amide bonds. The lowest BCUT2D eigenvalue weighted by molar-refractivity contribution is 0.145. The third kappa shape index (κ3) is 4.27. The van der Waals surface area contributed by atoms with Crippen molar-refractivity contribution in [3.63, 3.8) is 0 Å². The standard InChI is InChI=1S/C16H24BrFN2/c1-15(2)8-13(9-16(3,4)20-15)19-10-11-5-6-12(17)7-14(11)18/h5-7,13,19-20H,8-10H2,1-4H3. The van der Waals surface area contributed by atoms with Gasteiger partial charge in [-0.15, -0.1) is 0 Å². The van der Waals surface area contributed by atoms with Crippen molar-refractivity contribution in [2.45, 2.75) is 64.2 Å². The summed E-state index contributed by atoms with van der Waals surface area (Å²) in [6, 6.07) is 5.65. The van der Waals surface area contributed by atoms with E-state index in [0.29, 0.717) is 12.6 Å². The van der Waals surface area contributed by atoms with Gasteiger partial charge in [0.05, 0.1) is 0 Å². The Morgan fingerprint density at radius 2 is 1.85 bits per heavy atom. The van der Waals surface area contributed by atoms with Crippen molar-refractivity contribution < 1.29 is 4.39 Å². The van der Waals surface area contributed by atoms with Crippen LogP contribution in [0.25, 0.3) is 0 Å². The van der Waals surface area contributed by atoms with E-state index in [9.17, 15) is 4.39 Å². The summed E-state index contributed by atoms with van der Waals surface area (Å²) in [5.74, 6) is -0.153. The number of benzene rings is 1. The van der Waals surface area contributed by atoms with Crippen molar-refractivity contribution in [1.29, 1.82) is 0 Å². The van der Waals surface area contributed by atoms with E-state index in [-0.39, 0.29) is 16.9 Å². The number of halogens is 2. The minimum absolute atomic E-state index is 0.109. The van der Waals surface area contributed by atoms with Crippen molar-refractivity contribution in [1.82, 2.24) is 10.6 Å². The number of hydrogen-bond acceptors (Lipinski definition) is 2. The van der Waals surface area contributed by atoms with Crippen LogP contribution in [0.1, 0.15) is 46.1 Å². The van der Waals surface area contributed by atoms with Gasteiger partial charge in [-0.3, -0.25) is 0 Å². The molecule has 1 aromatic carbocycles. The summed E-state index contributed by atoms with van der Waals surface area (Å²) < 4.78 is 14.6. The molecule has 1 aliphatic rings. The normalized spacial score (nSPS) is 21.9. The Labute approximate surface area is 129 Å². The molecule has 2 N–H and O–H groups in total. The zero-order valence-corrected chi connectivity index (χ0v) is 14.3. The van der Waals surface area contributed by atoms with Gasteiger partial charge < -0.3 is 10.6 Å². The SMILES string of the molecule is CC1(C)CC(NCc2ccc(Br)cc2F)CC(C)(C)N1. The van der Waals surface area contributed by atoms with Gasteiger partial charge in [0.25, 0.3) is 0 Å². The van der Waals surface area contributed by atoms with E-state index in [1.54, 1.807) is 0 Å². The van der Waals surface area contributed by atoms with Crippen molar-refractivity contribution in [2.75, 3.05) is 0 Å². The van der Waals surface area contributed by atoms with Crippen LogP contribution in [0.4, 0.5) is 4.39 Å². The largest absolute Gasteiger partial charge is 0.310 e. The Kier molecular flexibility index (Phi) is 4.57. The van der Waals surface area contributed by atoms with Crippen LogP contribution < -0.4 is 10.6 Å². The molecule has 0 aliphatic carbocycles. The predicted molar refractivity (Wildman–Crippen MR) is 85.3 cm³/mol. The fourth-order valence-electron chi connectivity index (χ4n) is 3.39. The van der Waals surface area contributed by atoms with E-state index in [1.807, 2.05) is 12.1 Å². The highest BCUT2D eigenvalue weighted by Gasteiger charge is 2.37. The molecule has 112 valence electrons. The molecule has 1 aliphatic heterocycles. The van der Waals surface area contributed by atoms with Crippen molar-refractivity contribution in [2.24, 2.45) is 0 Å². The quantitative estimate of drug-likeness (QED) is 0.867. The summed E-state index contributed by atoms with van der Waals surface area (Å²) in [4.78, 5) is 0. The average Bonchev–Trinajstić information content (AvgIpc) is 2.23. The van der Waals surface area contributed by atoms with Crippen LogP contribution >= 0.6 is 15.9 Å². The first-order valence-corrected chi connectivity index (χ1v) is 7.93. The van der Waals surface area contributed by atoms with Gasteiger partial charge in [0.2, 0.25) is 0 Å². The van der Waals surface area contributed by atoms with E-state index in [4.69, 9.17) is 0 Å². The van der Waals surface area contributed by atoms with E-state index in [0.717, 1.165) is 22.9 Å². The first-order valence-electron chi connectivity index (χ1n) is 7.14. The molecule has 1 aromatic rings. The minimum atomic E-state index is -0.153. The van der Waals surface area contributed by atoms with Crippen LogP contribution in [-0.4, -0.2) is 17.1 Å². The molecule has 2 rings (SSSR count). The maximum Gasteiger partial charge on any atom is 0.128 e. The maximum absolute atomic E-state index is 13.8. The molecular formula is C16H24BrFN2. The Hall–Kier alpha value is -0.450. The second-order valence-electron chi connectivity index (χ2n) is 7.11. The molecule has 0 unspecified atom stereocenters. The summed E-state index contributed by atoms with van der Waals surface area (Å²) in [5.41, 5.74) is 0.942. The highest BCUT2D eigenvalue weighted by Crippen LogP contribution is 2.28. The van der Waals surface area contributed by atoms with Gasteiger partial charge in [-0.1, -0.05) is 22.0 Å². The number of piperidine rings is 1. The number of nitrogens with one attached hydrogen (secondary N) is 2. The fourth-order valence-corrected chi connectivity index (χ4v) is 3.72. The first-order chi connectivity index (χ1) is 9.17. The Morgan fingerprint density at radius 3 is 2.40 bits per heavy atom. The fraction of sp³-hybridized carbons (Fsp3) is 0.625. The van der Waals surface area contributed by atoms with Crippen molar-refractivity contribution in [3.05, 3.63) is 34.1 Å². The molecule has 20 heavy (non-hydrogen) atoms. The van der Waals surface area contributed by atoms with Gasteiger partial charge in [-0.25, -0.2) is 4.39 Å². The van der Waals surface area contributed by atoms with Crippen LogP contribution in [-0.2, 0) is 6.54 Å². The van der Waals surface area contributed by atoms with Crippen LogP contribution in [0, 0.1) is 5.82 Å². The monoisotopic (exact) mass is 342 g/mol. The molecule has 4 heteroatoms. The summed E-state index contributed by atoms with van der Waals surface area (Å²) in [6.07, 6.45) is 2.10. The highest BCUT2D eigenvalue weighted by molar-refractivity contribution is 9.10. The highest BCUT2D eigenvalue weighted by atomic mass is 79.9. The number of rotatable bonds is 3. The first kappa shape index (κ1) is 15.9. The number of hydrogen-bond donors (Lipinski definition) is 2. The molecule has 0 radical (unpaired) electrons. The van der Waals surface area contributed by atoms with Gasteiger partial charge in [0.15, 0.2) is 0 Å². The second-order valence-corrected chi connectivity index (χ2v) is 8.03. The molecule has 0 atom stereocenters. The lowest BCUT2D eigenvalue weighted by Gasteiger charge is -2.46. The molecule has 0 aromatic heterocycles. The summed E-state index contributed by atoms with van der Waals surface area (Å²) >= 11 is 3.29. The Morgan fingerprint density at radius 1 is 1.25 bits per heavy atom. The third-order valence-electron chi connectivity index (χ3n) is 3.79. The van der Waals surface area contributed by atoms with Gasteiger partial charge in [0.1, 0.15) is 5.82 Å². The molecule has 0 saturated carbocycles. The zero-order valence-electron chi connectivity index (χ0n) is 12.7. The smallest absolute Gasteiger partial charge is 0.128 e. The molecule has 1 fully saturated rings. The van der Waals surface area contributed by atoms with E-state index < -0.39 is 0 Å².